The van der Waals surface area contributed by atoms with Crippen LogP contribution in [0.1, 0.15) is 15.9 Å². The third kappa shape index (κ3) is 3.33. The maximum absolute atomic E-state index is 12.2. The lowest BCUT2D eigenvalue weighted by molar-refractivity contribution is 0.102. The highest BCUT2D eigenvalue weighted by molar-refractivity contribution is 14.1. The van der Waals surface area contributed by atoms with Gasteiger partial charge in [-0.2, -0.15) is 0 Å². The molecule has 0 aliphatic rings. The van der Waals surface area contributed by atoms with Crippen LogP contribution in [0.3, 0.4) is 0 Å². The first kappa shape index (κ1) is 15.1. The van der Waals surface area contributed by atoms with E-state index in [-0.39, 0.29) is 5.91 Å². The summed E-state index contributed by atoms with van der Waals surface area (Å²) in [7, 11) is 0. The predicted molar refractivity (Wildman–Crippen MR) is 97.2 cm³/mol. The number of anilines is 1. The van der Waals surface area contributed by atoms with Crippen LogP contribution >= 0.6 is 33.9 Å². The fraction of sp³-hybridized carbons (Fsp3) is 0.0625. The molecule has 0 bridgehead atoms. The first-order valence-corrected chi connectivity index (χ1v) is 8.49. The third-order valence-corrected chi connectivity index (χ3v) is 4.89. The minimum absolute atomic E-state index is 0.170. The maximum atomic E-state index is 12.2. The number of rotatable bonds is 3. The molecule has 1 heterocycles. The van der Waals surface area contributed by atoms with Crippen LogP contribution in [-0.4, -0.2) is 16.1 Å². The molecule has 110 valence electrons. The predicted octanol–water partition coefficient (Wildman–Crippen LogP) is 4.37. The summed E-state index contributed by atoms with van der Waals surface area (Å²) in [5, 5.41) is 12.3. The molecule has 1 amide bonds. The van der Waals surface area contributed by atoms with E-state index in [1.165, 1.54) is 16.9 Å². The minimum Gasteiger partial charge on any atom is -0.296 e. The van der Waals surface area contributed by atoms with Crippen molar-refractivity contribution in [2.75, 3.05) is 5.32 Å². The van der Waals surface area contributed by atoms with Gasteiger partial charge in [-0.3, -0.25) is 10.1 Å². The van der Waals surface area contributed by atoms with Crippen molar-refractivity contribution in [2.45, 2.75) is 6.92 Å². The van der Waals surface area contributed by atoms with E-state index in [4.69, 9.17) is 0 Å². The van der Waals surface area contributed by atoms with E-state index in [9.17, 15) is 4.79 Å². The van der Waals surface area contributed by atoms with Gasteiger partial charge in [-0.05, 0) is 41.6 Å². The summed E-state index contributed by atoms with van der Waals surface area (Å²) in [6.45, 7) is 2.04. The highest BCUT2D eigenvalue weighted by atomic mass is 127. The highest BCUT2D eigenvalue weighted by Gasteiger charge is 2.13. The summed E-state index contributed by atoms with van der Waals surface area (Å²) in [5.74, 6) is -0.170. The van der Waals surface area contributed by atoms with Gasteiger partial charge in [-0.25, -0.2) is 0 Å². The molecule has 4 nitrogen and oxygen atoms in total. The number of aryl methyl sites for hydroxylation is 1. The van der Waals surface area contributed by atoms with Crippen molar-refractivity contribution in [3.63, 3.8) is 0 Å². The van der Waals surface area contributed by atoms with Crippen LogP contribution in [0.2, 0.25) is 0 Å². The first-order chi connectivity index (χ1) is 10.6. The number of amides is 1. The van der Waals surface area contributed by atoms with Crippen molar-refractivity contribution in [3.8, 4) is 10.6 Å². The monoisotopic (exact) mass is 421 g/mol. The van der Waals surface area contributed by atoms with Crippen molar-refractivity contribution in [1.29, 1.82) is 0 Å². The summed E-state index contributed by atoms with van der Waals surface area (Å²) in [4.78, 5) is 12.2. The number of halogens is 1. The molecule has 2 aromatic carbocycles. The molecule has 1 aromatic heterocycles. The van der Waals surface area contributed by atoms with Crippen LogP contribution in [-0.2, 0) is 0 Å². The molecule has 0 fully saturated rings. The van der Waals surface area contributed by atoms with Gasteiger partial charge in [0.2, 0.25) is 5.13 Å². The van der Waals surface area contributed by atoms with Crippen molar-refractivity contribution in [3.05, 3.63) is 63.2 Å². The molecule has 0 radical (unpaired) electrons. The lowest BCUT2D eigenvalue weighted by Gasteiger charge is -2.02. The molecule has 1 N–H and O–H groups in total. The number of benzene rings is 2. The Bertz CT molecular complexity index is 814. The molecular weight excluding hydrogens is 409 g/mol. The van der Waals surface area contributed by atoms with Crippen LogP contribution in [0.25, 0.3) is 10.6 Å². The Balaban J connectivity index is 1.78. The zero-order valence-electron chi connectivity index (χ0n) is 11.7. The van der Waals surface area contributed by atoms with Crippen molar-refractivity contribution in [1.82, 2.24) is 10.2 Å². The summed E-state index contributed by atoms with van der Waals surface area (Å²) in [6.07, 6.45) is 0. The fourth-order valence-corrected chi connectivity index (χ4v) is 3.27. The maximum Gasteiger partial charge on any atom is 0.258 e. The van der Waals surface area contributed by atoms with Gasteiger partial charge in [-0.15, -0.1) is 10.2 Å². The summed E-state index contributed by atoms with van der Waals surface area (Å²) in [6, 6.07) is 15.5. The number of carbonyl (C=O) groups is 1. The number of nitrogens with zero attached hydrogens (tertiary/aromatic N) is 2. The molecule has 0 saturated carbocycles. The smallest absolute Gasteiger partial charge is 0.258 e. The molecule has 3 aromatic rings. The van der Waals surface area contributed by atoms with Crippen LogP contribution in [0, 0.1) is 10.5 Å². The largest absolute Gasteiger partial charge is 0.296 e. The lowest BCUT2D eigenvalue weighted by atomic mass is 10.2. The van der Waals surface area contributed by atoms with Gasteiger partial charge in [0.15, 0.2) is 0 Å². The Morgan fingerprint density at radius 3 is 2.55 bits per heavy atom. The van der Waals surface area contributed by atoms with Crippen LogP contribution in [0.15, 0.2) is 48.5 Å². The number of aromatic nitrogens is 2. The normalized spacial score (nSPS) is 10.5. The Morgan fingerprint density at radius 2 is 1.82 bits per heavy atom. The number of hydrogen-bond donors (Lipinski definition) is 1. The Morgan fingerprint density at radius 1 is 1.09 bits per heavy atom. The summed E-state index contributed by atoms with van der Waals surface area (Å²) in [5.41, 5.74) is 2.83. The van der Waals surface area contributed by atoms with Gasteiger partial charge in [0, 0.05) is 9.13 Å². The Hall–Kier alpha value is -1.80. The number of hydrogen-bond acceptors (Lipinski definition) is 4. The second kappa shape index (κ2) is 6.53. The molecule has 22 heavy (non-hydrogen) atoms. The Labute approximate surface area is 145 Å². The summed E-state index contributed by atoms with van der Waals surface area (Å²) < 4.78 is 0.904. The van der Waals surface area contributed by atoms with Gasteiger partial charge in [-0.1, -0.05) is 53.3 Å². The van der Waals surface area contributed by atoms with Gasteiger partial charge >= 0.3 is 0 Å². The van der Waals surface area contributed by atoms with Gasteiger partial charge in [0.25, 0.3) is 5.91 Å². The fourth-order valence-electron chi connectivity index (χ4n) is 1.90. The molecule has 0 unspecified atom stereocenters. The lowest BCUT2D eigenvalue weighted by Crippen LogP contribution is -2.13. The van der Waals surface area contributed by atoms with Gasteiger partial charge in [0.1, 0.15) is 5.01 Å². The number of carbonyl (C=O) groups excluding carboxylic acids is 1. The molecule has 0 saturated heterocycles. The van der Waals surface area contributed by atoms with E-state index in [1.54, 1.807) is 6.07 Å². The molecular formula is C16H12IN3OS. The highest BCUT2D eigenvalue weighted by Crippen LogP contribution is 2.27. The SMILES string of the molecule is Cc1ccc(-c2nnc(NC(=O)c3ccccc3I)s2)cc1. The van der Waals surface area contributed by atoms with E-state index in [2.05, 4.69) is 38.1 Å². The van der Waals surface area contributed by atoms with Gasteiger partial charge < -0.3 is 0 Å². The first-order valence-electron chi connectivity index (χ1n) is 6.60. The van der Waals surface area contributed by atoms with Crippen LogP contribution in [0.5, 0.6) is 0 Å². The molecule has 6 heteroatoms. The number of nitrogens with one attached hydrogen (secondary N) is 1. The molecule has 3 rings (SSSR count). The van der Waals surface area contributed by atoms with Crippen molar-refractivity contribution >= 4 is 45.0 Å². The zero-order valence-corrected chi connectivity index (χ0v) is 14.7. The Kier molecular flexibility index (Phi) is 4.49. The second-order valence-electron chi connectivity index (χ2n) is 4.71. The molecule has 0 spiro atoms. The van der Waals surface area contributed by atoms with E-state index in [1.807, 2.05) is 49.4 Å². The second-order valence-corrected chi connectivity index (χ2v) is 6.85. The topological polar surface area (TPSA) is 54.9 Å². The van der Waals surface area contributed by atoms with Gasteiger partial charge in [0.05, 0.1) is 5.56 Å². The molecule has 0 aliphatic carbocycles. The minimum atomic E-state index is -0.170. The van der Waals surface area contributed by atoms with E-state index in [0.717, 1.165) is 14.1 Å². The molecule has 0 atom stereocenters. The van der Waals surface area contributed by atoms with E-state index < -0.39 is 0 Å². The zero-order chi connectivity index (χ0) is 15.5. The third-order valence-electron chi connectivity index (χ3n) is 3.06. The quantitative estimate of drug-likeness (QED) is 0.640. The standard InChI is InChI=1S/C16H12IN3OS/c1-10-6-8-11(9-7-10)15-19-20-16(22-15)18-14(21)12-4-2-3-5-13(12)17/h2-9H,1H3,(H,18,20,21). The average molecular weight is 421 g/mol. The average Bonchev–Trinajstić information content (AvgIpc) is 2.97. The van der Waals surface area contributed by atoms with Crippen LogP contribution in [0.4, 0.5) is 5.13 Å². The summed E-state index contributed by atoms with van der Waals surface area (Å²) >= 11 is 3.51. The van der Waals surface area contributed by atoms with Crippen molar-refractivity contribution < 1.29 is 4.79 Å². The van der Waals surface area contributed by atoms with Crippen molar-refractivity contribution in [2.24, 2.45) is 0 Å². The molecule has 0 aliphatic heterocycles. The van der Waals surface area contributed by atoms with Crippen LogP contribution < -0.4 is 5.32 Å². The van der Waals surface area contributed by atoms with E-state index >= 15 is 0 Å². The van der Waals surface area contributed by atoms with E-state index in [0.29, 0.717) is 10.7 Å².